The first-order valence-electron chi connectivity index (χ1n) is 6.74. The van der Waals surface area contributed by atoms with Crippen molar-refractivity contribution >= 4 is 12.1 Å². The molecule has 1 aromatic carbocycles. The van der Waals surface area contributed by atoms with Gasteiger partial charge in [-0.2, -0.15) is 0 Å². The van der Waals surface area contributed by atoms with Crippen molar-refractivity contribution < 1.29 is 19.4 Å². The summed E-state index contributed by atoms with van der Waals surface area (Å²) in [5, 5.41) is 11.5. The Labute approximate surface area is 127 Å². The first kappa shape index (κ1) is 15.5. The molecule has 2 rings (SSSR count). The molecule has 1 heterocycles. The van der Waals surface area contributed by atoms with Crippen LogP contribution in [0.3, 0.4) is 0 Å². The molecule has 0 fully saturated rings. The molecule has 0 unspecified atom stereocenters. The van der Waals surface area contributed by atoms with Gasteiger partial charge in [-0.05, 0) is 17.2 Å². The van der Waals surface area contributed by atoms with E-state index in [1.165, 1.54) is 6.20 Å². The molecule has 0 aliphatic heterocycles. The quantitative estimate of drug-likeness (QED) is 0.855. The van der Waals surface area contributed by atoms with Crippen molar-refractivity contribution in [1.82, 2.24) is 10.3 Å². The van der Waals surface area contributed by atoms with Crippen molar-refractivity contribution in [3.63, 3.8) is 0 Å². The standard InChI is InChI=1S/C16H16N2O4/c19-15(20)9-14(13-7-4-8-17-10-13)18-16(21)22-11-12-5-2-1-3-6-12/h1-8,10,14H,9,11H2,(H,18,21)(H,19,20)/t14-/m1/s1. The fraction of sp³-hybridized carbons (Fsp3) is 0.188. The molecule has 0 bridgehead atoms. The van der Waals surface area contributed by atoms with E-state index < -0.39 is 18.1 Å². The second kappa shape index (κ2) is 7.78. The Balaban J connectivity index is 1.95. The number of rotatable bonds is 6. The number of carbonyl (C=O) groups is 2. The summed E-state index contributed by atoms with van der Waals surface area (Å²) in [7, 11) is 0. The number of nitrogens with one attached hydrogen (secondary N) is 1. The number of amides is 1. The number of carbonyl (C=O) groups excluding carboxylic acids is 1. The van der Waals surface area contributed by atoms with Crippen LogP contribution < -0.4 is 5.32 Å². The first-order chi connectivity index (χ1) is 10.6. The summed E-state index contributed by atoms with van der Waals surface area (Å²) < 4.78 is 5.10. The number of pyridine rings is 1. The molecule has 22 heavy (non-hydrogen) atoms. The largest absolute Gasteiger partial charge is 0.481 e. The number of ether oxygens (including phenoxy) is 1. The number of carboxylic acids is 1. The third-order valence-electron chi connectivity index (χ3n) is 2.97. The SMILES string of the molecule is O=C(O)C[C@@H](NC(=O)OCc1ccccc1)c1cccnc1. The predicted octanol–water partition coefficient (Wildman–Crippen LogP) is 2.52. The summed E-state index contributed by atoms with van der Waals surface area (Å²) in [6.45, 7) is 0.125. The number of hydrogen-bond acceptors (Lipinski definition) is 4. The zero-order valence-corrected chi connectivity index (χ0v) is 11.8. The highest BCUT2D eigenvalue weighted by Gasteiger charge is 2.19. The Kier molecular flexibility index (Phi) is 5.48. The Hall–Kier alpha value is -2.89. The molecule has 1 aromatic heterocycles. The van der Waals surface area contributed by atoms with Crippen LogP contribution in [0, 0.1) is 0 Å². The van der Waals surface area contributed by atoms with E-state index in [-0.39, 0.29) is 13.0 Å². The van der Waals surface area contributed by atoms with E-state index in [9.17, 15) is 9.59 Å². The molecule has 1 atom stereocenters. The second-order valence-electron chi connectivity index (χ2n) is 4.64. The smallest absolute Gasteiger partial charge is 0.407 e. The third-order valence-corrected chi connectivity index (χ3v) is 2.97. The maximum Gasteiger partial charge on any atom is 0.407 e. The monoisotopic (exact) mass is 300 g/mol. The first-order valence-corrected chi connectivity index (χ1v) is 6.74. The molecule has 0 spiro atoms. The lowest BCUT2D eigenvalue weighted by atomic mass is 10.1. The van der Waals surface area contributed by atoms with Gasteiger partial charge in [-0.1, -0.05) is 36.4 Å². The highest BCUT2D eigenvalue weighted by Crippen LogP contribution is 2.16. The third kappa shape index (κ3) is 4.90. The van der Waals surface area contributed by atoms with Crippen molar-refractivity contribution in [1.29, 1.82) is 0 Å². The van der Waals surface area contributed by atoms with E-state index in [1.807, 2.05) is 30.3 Å². The van der Waals surface area contributed by atoms with Gasteiger partial charge in [0.25, 0.3) is 0 Å². The maximum atomic E-state index is 11.8. The minimum absolute atomic E-state index is 0.125. The minimum atomic E-state index is -1.02. The van der Waals surface area contributed by atoms with Gasteiger partial charge in [0.05, 0.1) is 12.5 Å². The van der Waals surface area contributed by atoms with Crippen molar-refractivity contribution in [2.45, 2.75) is 19.1 Å². The van der Waals surface area contributed by atoms with Crippen LogP contribution >= 0.6 is 0 Å². The van der Waals surface area contributed by atoms with Crippen LogP contribution in [0.4, 0.5) is 4.79 Å². The van der Waals surface area contributed by atoms with E-state index in [2.05, 4.69) is 10.3 Å². The molecule has 0 radical (unpaired) electrons. The van der Waals surface area contributed by atoms with E-state index in [0.29, 0.717) is 5.56 Å². The molecular weight excluding hydrogens is 284 g/mol. The normalized spacial score (nSPS) is 11.5. The number of aliphatic carboxylic acids is 1. The van der Waals surface area contributed by atoms with Gasteiger partial charge in [0.1, 0.15) is 6.61 Å². The second-order valence-corrected chi connectivity index (χ2v) is 4.64. The summed E-state index contributed by atoms with van der Waals surface area (Å²) >= 11 is 0. The molecule has 0 aliphatic rings. The molecule has 114 valence electrons. The summed E-state index contributed by atoms with van der Waals surface area (Å²) in [5.41, 5.74) is 1.47. The lowest BCUT2D eigenvalue weighted by Gasteiger charge is -2.16. The average Bonchev–Trinajstić information content (AvgIpc) is 2.54. The zero-order chi connectivity index (χ0) is 15.8. The molecular formula is C16H16N2O4. The predicted molar refractivity (Wildman–Crippen MR) is 79.0 cm³/mol. The Morgan fingerprint density at radius 2 is 1.95 bits per heavy atom. The van der Waals surface area contributed by atoms with E-state index >= 15 is 0 Å². The Morgan fingerprint density at radius 3 is 2.59 bits per heavy atom. The van der Waals surface area contributed by atoms with Gasteiger partial charge in [-0.25, -0.2) is 4.79 Å². The van der Waals surface area contributed by atoms with Crippen LogP contribution in [0.15, 0.2) is 54.9 Å². The van der Waals surface area contributed by atoms with E-state index in [0.717, 1.165) is 5.56 Å². The molecule has 0 saturated carbocycles. The van der Waals surface area contributed by atoms with Crippen LogP contribution in [0.5, 0.6) is 0 Å². The number of nitrogens with zero attached hydrogens (tertiary/aromatic N) is 1. The zero-order valence-electron chi connectivity index (χ0n) is 11.8. The Morgan fingerprint density at radius 1 is 1.18 bits per heavy atom. The molecule has 2 aromatic rings. The molecule has 2 N–H and O–H groups in total. The lowest BCUT2D eigenvalue weighted by molar-refractivity contribution is -0.137. The summed E-state index contributed by atoms with van der Waals surface area (Å²) in [6, 6.07) is 11.9. The maximum absolute atomic E-state index is 11.8. The number of aromatic nitrogens is 1. The fourth-order valence-corrected chi connectivity index (χ4v) is 1.92. The highest BCUT2D eigenvalue weighted by molar-refractivity contribution is 5.71. The van der Waals surface area contributed by atoms with Gasteiger partial charge in [-0.3, -0.25) is 9.78 Å². The topological polar surface area (TPSA) is 88.5 Å². The average molecular weight is 300 g/mol. The van der Waals surface area contributed by atoms with Crippen LogP contribution in [0.25, 0.3) is 0 Å². The van der Waals surface area contributed by atoms with E-state index in [4.69, 9.17) is 9.84 Å². The van der Waals surface area contributed by atoms with Gasteiger partial charge < -0.3 is 15.2 Å². The van der Waals surface area contributed by atoms with Crippen LogP contribution in [0.2, 0.25) is 0 Å². The van der Waals surface area contributed by atoms with Gasteiger partial charge in [0.2, 0.25) is 0 Å². The number of hydrogen-bond donors (Lipinski definition) is 2. The van der Waals surface area contributed by atoms with Crippen LogP contribution in [0.1, 0.15) is 23.6 Å². The van der Waals surface area contributed by atoms with Crippen molar-refractivity contribution in [3.05, 3.63) is 66.0 Å². The number of benzene rings is 1. The van der Waals surface area contributed by atoms with Gasteiger partial charge in [0.15, 0.2) is 0 Å². The van der Waals surface area contributed by atoms with Gasteiger partial charge in [-0.15, -0.1) is 0 Å². The van der Waals surface area contributed by atoms with Crippen molar-refractivity contribution in [2.24, 2.45) is 0 Å². The van der Waals surface area contributed by atoms with Gasteiger partial charge in [0, 0.05) is 12.4 Å². The number of alkyl carbamates (subject to hydrolysis) is 1. The summed E-state index contributed by atoms with van der Waals surface area (Å²) in [5.74, 6) is -1.02. The fourth-order valence-electron chi connectivity index (χ4n) is 1.92. The molecule has 1 amide bonds. The molecule has 6 heteroatoms. The summed E-state index contributed by atoms with van der Waals surface area (Å²) in [6.07, 6.45) is 2.19. The molecule has 0 saturated heterocycles. The van der Waals surface area contributed by atoms with Crippen LogP contribution in [-0.4, -0.2) is 22.2 Å². The summed E-state index contributed by atoms with van der Waals surface area (Å²) in [4.78, 5) is 26.7. The molecule has 6 nitrogen and oxygen atoms in total. The van der Waals surface area contributed by atoms with Crippen molar-refractivity contribution in [3.8, 4) is 0 Å². The number of carboxylic acid groups (broad SMARTS) is 1. The van der Waals surface area contributed by atoms with Crippen LogP contribution in [-0.2, 0) is 16.1 Å². The molecule has 0 aliphatic carbocycles. The van der Waals surface area contributed by atoms with Crippen molar-refractivity contribution in [2.75, 3.05) is 0 Å². The van der Waals surface area contributed by atoms with Gasteiger partial charge >= 0.3 is 12.1 Å². The lowest BCUT2D eigenvalue weighted by Crippen LogP contribution is -2.30. The highest BCUT2D eigenvalue weighted by atomic mass is 16.5. The minimum Gasteiger partial charge on any atom is -0.481 e. The Bertz CT molecular complexity index is 617. The van der Waals surface area contributed by atoms with E-state index in [1.54, 1.807) is 18.3 Å².